The van der Waals surface area contributed by atoms with Crippen molar-refractivity contribution in [1.29, 1.82) is 0 Å². The van der Waals surface area contributed by atoms with E-state index in [4.69, 9.17) is 26.4 Å². The van der Waals surface area contributed by atoms with Crippen molar-refractivity contribution in [2.45, 2.75) is 25.6 Å². The Bertz CT molecular complexity index is 1250. The van der Waals surface area contributed by atoms with E-state index in [0.29, 0.717) is 34.7 Å². The first-order chi connectivity index (χ1) is 17.0. The minimum absolute atomic E-state index is 0.189. The molecular formula is C27H27N3O4S. The minimum atomic E-state index is -1.12. The van der Waals surface area contributed by atoms with Gasteiger partial charge in [0.1, 0.15) is 11.7 Å². The van der Waals surface area contributed by atoms with Crippen molar-refractivity contribution in [2.24, 2.45) is 5.92 Å². The number of thiocarbonyl (C=S) groups is 1. The lowest BCUT2D eigenvalue weighted by molar-refractivity contribution is -0.130. The van der Waals surface area contributed by atoms with Gasteiger partial charge in [-0.15, -0.1) is 0 Å². The summed E-state index contributed by atoms with van der Waals surface area (Å²) in [5, 5.41) is 6.97. The summed E-state index contributed by atoms with van der Waals surface area (Å²) in [7, 11) is 1.61. The summed E-state index contributed by atoms with van der Waals surface area (Å²) in [4.78, 5) is 15.8. The predicted molar refractivity (Wildman–Crippen MR) is 139 cm³/mol. The average molecular weight is 490 g/mol. The van der Waals surface area contributed by atoms with Crippen molar-refractivity contribution < 1.29 is 19.0 Å². The maximum atomic E-state index is 13.9. The van der Waals surface area contributed by atoms with Crippen LogP contribution < -0.4 is 29.7 Å². The second-order valence-corrected chi connectivity index (χ2v) is 8.94. The van der Waals surface area contributed by atoms with Crippen molar-refractivity contribution in [3.05, 3.63) is 78.4 Å². The van der Waals surface area contributed by atoms with E-state index in [1.807, 2.05) is 91.5 Å². The van der Waals surface area contributed by atoms with Gasteiger partial charge in [-0.3, -0.25) is 9.69 Å². The molecule has 0 aromatic heterocycles. The Morgan fingerprint density at radius 1 is 1.11 bits per heavy atom. The van der Waals surface area contributed by atoms with E-state index in [9.17, 15) is 4.79 Å². The summed E-state index contributed by atoms with van der Waals surface area (Å²) < 4.78 is 17.8. The van der Waals surface area contributed by atoms with Crippen LogP contribution in [0.25, 0.3) is 0 Å². The topological polar surface area (TPSA) is 72.1 Å². The Morgan fingerprint density at radius 2 is 1.86 bits per heavy atom. The Labute approximate surface area is 210 Å². The molecule has 5 rings (SSSR count). The molecule has 0 saturated carbocycles. The van der Waals surface area contributed by atoms with Crippen LogP contribution in [0.15, 0.2) is 72.8 Å². The van der Waals surface area contributed by atoms with Gasteiger partial charge in [-0.25, -0.2) is 0 Å². The van der Waals surface area contributed by atoms with Crippen LogP contribution in [-0.2, 0) is 4.79 Å². The molecule has 0 spiro atoms. The highest BCUT2D eigenvalue weighted by molar-refractivity contribution is 7.80. The molecule has 0 unspecified atom stereocenters. The minimum Gasteiger partial charge on any atom is -0.497 e. The zero-order valence-electron chi connectivity index (χ0n) is 19.8. The lowest BCUT2D eigenvalue weighted by atomic mass is 9.78. The number of methoxy groups -OCH3 is 1. The highest BCUT2D eigenvalue weighted by Crippen LogP contribution is 2.52. The van der Waals surface area contributed by atoms with Crippen molar-refractivity contribution >= 4 is 34.6 Å². The van der Waals surface area contributed by atoms with Gasteiger partial charge in [0.05, 0.1) is 19.8 Å². The molecule has 3 aromatic rings. The van der Waals surface area contributed by atoms with E-state index in [1.54, 1.807) is 7.11 Å². The van der Waals surface area contributed by atoms with Crippen LogP contribution in [0.2, 0.25) is 0 Å². The molecule has 3 aromatic carbocycles. The maximum Gasteiger partial charge on any atom is 0.236 e. The van der Waals surface area contributed by atoms with E-state index in [2.05, 4.69) is 10.6 Å². The highest BCUT2D eigenvalue weighted by Gasteiger charge is 2.59. The Balaban J connectivity index is 1.61. The maximum absolute atomic E-state index is 13.9. The molecule has 180 valence electrons. The van der Waals surface area contributed by atoms with Crippen LogP contribution in [0, 0.1) is 5.92 Å². The monoisotopic (exact) mass is 489 g/mol. The molecular weight excluding hydrogens is 462 g/mol. The van der Waals surface area contributed by atoms with Crippen LogP contribution in [0.4, 0.5) is 11.4 Å². The summed E-state index contributed by atoms with van der Waals surface area (Å²) in [5.74, 6) is 1.14. The fourth-order valence-corrected chi connectivity index (χ4v) is 5.31. The quantitative estimate of drug-likeness (QED) is 0.478. The molecule has 2 bridgehead atoms. The van der Waals surface area contributed by atoms with E-state index < -0.39 is 17.7 Å². The van der Waals surface area contributed by atoms with Gasteiger partial charge in [-0.05, 0) is 68.5 Å². The van der Waals surface area contributed by atoms with E-state index in [1.165, 1.54) is 0 Å². The number of hydrogen-bond donors (Lipinski definition) is 2. The number of anilines is 2. The van der Waals surface area contributed by atoms with Gasteiger partial charge in [-0.2, -0.15) is 0 Å². The van der Waals surface area contributed by atoms with Crippen molar-refractivity contribution in [2.75, 3.05) is 23.9 Å². The third kappa shape index (κ3) is 3.93. The van der Waals surface area contributed by atoms with Gasteiger partial charge in [0.2, 0.25) is 5.91 Å². The highest BCUT2D eigenvalue weighted by atomic mass is 32.1. The number of nitrogens with zero attached hydrogens (tertiary/aromatic N) is 1. The van der Waals surface area contributed by atoms with E-state index >= 15 is 0 Å². The summed E-state index contributed by atoms with van der Waals surface area (Å²) in [5.41, 5.74) is 1.20. The van der Waals surface area contributed by atoms with E-state index in [0.717, 1.165) is 11.3 Å². The standard InChI is InChI=1S/C27H27N3O4S/c1-4-33-21-12-8-11-20-23-22(25(31)28-17-13-15-19(32-3)16-14-17)27(2,34-24(20)21)30(26(35)29-23)18-9-6-5-7-10-18/h5-16,22-23H,4H2,1-3H3,(H,28,31)(H,29,35)/t22-,23+,27-/m0/s1. The number of amides is 1. The third-order valence-corrected chi connectivity index (χ3v) is 6.74. The van der Waals surface area contributed by atoms with Crippen molar-refractivity contribution in [3.8, 4) is 17.2 Å². The second kappa shape index (κ2) is 9.11. The van der Waals surface area contributed by atoms with Gasteiger partial charge in [0, 0.05) is 16.9 Å². The molecule has 2 aliphatic heterocycles. The van der Waals surface area contributed by atoms with E-state index in [-0.39, 0.29) is 5.91 Å². The first-order valence-electron chi connectivity index (χ1n) is 11.5. The number of ether oxygens (including phenoxy) is 3. The lowest BCUT2D eigenvalue weighted by Crippen LogP contribution is -2.72. The summed E-state index contributed by atoms with van der Waals surface area (Å²) >= 11 is 5.80. The molecule has 7 nitrogen and oxygen atoms in total. The number of carbonyl (C=O) groups is 1. The molecule has 8 heteroatoms. The first-order valence-corrected chi connectivity index (χ1v) is 11.9. The largest absolute Gasteiger partial charge is 0.497 e. The number of rotatable bonds is 6. The smallest absolute Gasteiger partial charge is 0.236 e. The summed E-state index contributed by atoms with van der Waals surface area (Å²) in [6.07, 6.45) is 0. The Kier molecular flexibility index (Phi) is 5.98. The van der Waals surface area contributed by atoms with Crippen molar-refractivity contribution in [1.82, 2.24) is 5.32 Å². The molecule has 1 saturated heterocycles. The van der Waals surface area contributed by atoms with Gasteiger partial charge >= 0.3 is 0 Å². The molecule has 35 heavy (non-hydrogen) atoms. The van der Waals surface area contributed by atoms with Gasteiger partial charge in [0.25, 0.3) is 0 Å². The van der Waals surface area contributed by atoms with Crippen LogP contribution in [0.1, 0.15) is 25.5 Å². The fraction of sp³-hybridized carbons (Fsp3) is 0.259. The second-order valence-electron chi connectivity index (χ2n) is 8.56. The lowest BCUT2D eigenvalue weighted by Gasteiger charge is -2.56. The number of carbonyl (C=O) groups excluding carboxylic acids is 1. The molecule has 0 radical (unpaired) electrons. The number of benzene rings is 3. The molecule has 0 aliphatic carbocycles. The Morgan fingerprint density at radius 3 is 2.54 bits per heavy atom. The number of hydrogen-bond acceptors (Lipinski definition) is 5. The molecule has 1 amide bonds. The fourth-order valence-electron chi connectivity index (χ4n) is 4.90. The first kappa shape index (κ1) is 23.0. The zero-order chi connectivity index (χ0) is 24.6. The Hall–Kier alpha value is -3.78. The molecule has 2 aliphatic rings. The third-order valence-electron chi connectivity index (χ3n) is 6.44. The van der Waals surface area contributed by atoms with Gasteiger partial charge in [-0.1, -0.05) is 30.3 Å². The molecule has 2 heterocycles. The number of para-hydroxylation sites is 2. The van der Waals surface area contributed by atoms with Gasteiger partial charge in [0.15, 0.2) is 22.3 Å². The zero-order valence-corrected chi connectivity index (χ0v) is 20.6. The van der Waals surface area contributed by atoms with Gasteiger partial charge < -0.3 is 24.8 Å². The number of nitrogens with one attached hydrogen (secondary N) is 2. The summed E-state index contributed by atoms with van der Waals surface area (Å²) in [6, 6.07) is 22.3. The molecule has 1 fully saturated rings. The normalized spacial score (nSPS) is 22.4. The summed E-state index contributed by atoms with van der Waals surface area (Å²) in [6.45, 7) is 4.33. The average Bonchev–Trinajstić information content (AvgIpc) is 2.85. The van der Waals surface area contributed by atoms with Crippen LogP contribution >= 0.6 is 12.2 Å². The van der Waals surface area contributed by atoms with Crippen LogP contribution in [0.3, 0.4) is 0 Å². The SMILES string of the molecule is CCOc1cccc2c1O[C@@]1(C)[C@H](C(=O)Nc3ccc(OC)cc3)[C@@H]2NC(=S)N1c1ccccc1. The number of fused-ring (bicyclic) bond motifs is 4. The van der Waals surface area contributed by atoms with Crippen molar-refractivity contribution in [3.63, 3.8) is 0 Å². The van der Waals surface area contributed by atoms with Crippen LogP contribution in [0.5, 0.6) is 17.2 Å². The van der Waals surface area contributed by atoms with Crippen LogP contribution in [-0.4, -0.2) is 30.5 Å². The molecule has 3 atom stereocenters. The predicted octanol–water partition coefficient (Wildman–Crippen LogP) is 4.89. The molecule has 2 N–H and O–H groups in total.